The molecule has 0 aliphatic carbocycles. The van der Waals surface area contributed by atoms with E-state index in [4.69, 9.17) is 0 Å². The van der Waals surface area contributed by atoms with E-state index >= 15 is 0 Å². The van der Waals surface area contributed by atoms with Crippen LogP contribution in [0.1, 0.15) is 19.3 Å². The number of hydrogen-bond donors (Lipinski definition) is 1. The number of halogens is 3. The van der Waals surface area contributed by atoms with E-state index in [1.165, 1.54) is 4.90 Å². The van der Waals surface area contributed by atoms with Gasteiger partial charge in [-0.25, -0.2) is 0 Å². The van der Waals surface area contributed by atoms with Crippen molar-refractivity contribution in [3.05, 3.63) is 30.3 Å². The number of anilines is 1. The molecule has 3 rings (SSSR count). The normalized spacial score (nSPS) is 20.8. The highest BCUT2D eigenvalue weighted by atomic mass is 19.4. The van der Waals surface area contributed by atoms with E-state index < -0.39 is 18.6 Å². The summed E-state index contributed by atoms with van der Waals surface area (Å²) in [4.78, 5) is 30.1. The number of nitrogens with zero attached hydrogens (tertiary/aromatic N) is 3. The van der Waals surface area contributed by atoms with E-state index in [-0.39, 0.29) is 31.3 Å². The van der Waals surface area contributed by atoms with Crippen molar-refractivity contribution >= 4 is 17.5 Å². The van der Waals surface area contributed by atoms with Crippen LogP contribution >= 0.6 is 0 Å². The number of carbonyl (C=O) groups is 2. The number of alkyl halides is 3. The number of piperidine rings is 1. The smallest absolute Gasteiger partial charge is 0.368 e. The first-order valence-corrected chi connectivity index (χ1v) is 10.5. The molecule has 2 aliphatic heterocycles. The van der Waals surface area contributed by atoms with E-state index in [9.17, 15) is 22.8 Å². The minimum Gasteiger partial charge on any atom is -0.368 e. The summed E-state index contributed by atoms with van der Waals surface area (Å²) in [5.74, 6) is -0.723. The first-order chi connectivity index (χ1) is 14.3. The fraction of sp³-hybridized carbons (Fsp3) is 0.619. The predicted molar refractivity (Wildman–Crippen MR) is 108 cm³/mol. The molecule has 0 spiro atoms. The molecule has 1 aromatic carbocycles. The molecule has 30 heavy (non-hydrogen) atoms. The Morgan fingerprint density at radius 3 is 2.40 bits per heavy atom. The van der Waals surface area contributed by atoms with Crippen molar-refractivity contribution in [2.45, 2.75) is 25.4 Å². The third-order valence-corrected chi connectivity index (χ3v) is 5.67. The Kier molecular flexibility index (Phi) is 7.58. The maximum absolute atomic E-state index is 12.6. The van der Waals surface area contributed by atoms with Crippen molar-refractivity contribution in [1.29, 1.82) is 0 Å². The first-order valence-electron chi connectivity index (χ1n) is 10.5. The van der Waals surface area contributed by atoms with Gasteiger partial charge in [-0.05, 0) is 31.5 Å². The van der Waals surface area contributed by atoms with E-state index in [1.54, 1.807) is 4.90 Å². The van der Waals surface area contributed by atoms with Crippen LogP contribution in [0.4, 0.5) is 18.9 Å². The van der Waals surface area contributed by atoms with Gasteiger partial charge in [0.2, 0.25) is 11.8 Å². The van der Waals surface area contributed by atoms with E-state index in [0.29, 0.717) is 32.5 Å². The second-order valence-corrected chi connectivity index (χ2v) is 7.93. The lowest BCUT2D eigenvalue weighted by atomic mass is 9.97. The van der Waals surface area contributed by atoms with E-state index in [2.05, 4.69) is 10.2 Å². The quantitative estimate of drug-likeness (QED) is 0.757. The number of hydrogen-bond acceptors (Lipinski definition) is 4. The maximum atomic E-state index is 12.6. The van der Waals surface area contributed by atoms with Crippen molar-refractivity contribution in [3.63, 3.8) is 0 Å². The van der Waals surface area contributed by atoms with Crippen LogP contribution in [0.2, 0.25) is 0 Å². The highest BCUT2D eigenvalue weighted by Crippen LogP contribution is 2.22. The monoisotopic (exact) mass is 426 g/mol. The molecule has 0 radical (unpaired) electrons. The molecule has 1 atom stereocenters. The third-order valence-electron chi connectivity index (χ3n) is 5.67. The summed E-state index contributed by atoms with van der Waals surface area (Å²) < 4.78 is 37.7. The maximum Gasteiger partial charge on any atom is 0.401 e. The number of piperazine rings is 1. The molecule has 6 nitrogen and oxygen atoms in total. The minimum atomic E-state index is -4.25. The summed E-state index contributed by atoms with van der Waals surface area (Å²) in [5, 5.41) is 2.74. The van der Waals surface area contributed by atoms with Crippen LogP contribution in [0.15, 0.2) is 30.3 Å². The Morgan fingerprint density at radius 2 is 1.73 bits per heavy atom. The van der Waals surface area contributed by atoms with Gasteiger partial charge in [-0.1, -0.05) is 18.2 Å². The molecule has 1 N–H and O–H groups in total. The third kappa shape index (κ3) is 6.62. The fourth-order valence-corrected chi connectivity index (χ4v) is 4.11. The topological polar surface area (TPSA) is 55.9 Å². The van der Waals surface area contributed by atoms with Gasteiger partial charge in [-0.3, -0.25) is 14.5 Å². The lowest BCUT2D eigenvalue weighted by Crippen LogP contribution is -2.49. The molecule has 9 heteroatoms. The van der Waals surface area contributed by atoms with Gasteiger partial charge in [0, 0.05) is 51.4 Å². The molecule has 1 aromatic rings. The van der Waals surface area contributed by atoms with E-state index in [1.807, 2.05) is 30.3 Å². The van der Waals surface area contributed by atoms with Gasteiger partial charge in [0.15, 0.2) is 0 Å². The molecule has 2 amide bonds. The minimum absolute atomic E-state index is 0.00893. The van der Waals surface area contributed by atoms with Crippen LogP contribution in [0.25, 0.3) is 0 Å². The number of para-hydroxylation sites is 1. The molecular formula is C21H29F3N4O2. The Labute approximate surface area is 175 Å². The lowest BCUT2D eigenvalue weighted by molar-refractivity contribution is -0.152. The summed E-state index contributed by atoms with van der Waals surface area (Å²) in [7, 11) is 0. The van der Waals surface area contributed by atoms with Crippen LogP contribution in [0, 0.1) is 5.92 Å². The van der Waals surface area contributed by atoms with Gasteiger partial charge in [-0.2, -0.15) is 13.2 Å². The summed E-state index contributed by atoms with van der Waals surface area (Å²) in [6, 6.07) is 10.1. The Morgan fingerprint density at radius 1 is 1.03 bits per heavy atom. The van der Waals surface area contributed by atoms with Crippen LogP contribution in [-0.4, -0.2) is 80.1 Å². The number of carbonyl (C=O) groups excluding carboxylic acids is 2. The molecule has 2 fully saturated rings. The summed E-state index contributed by atoms with van der Waals surface area (Å²) in [5.41, 5.74) is 1.14. The number of likely N-dealkylation sites (tertiary alicyclic amines) is 1. The number of benzene rings is 1. The highest BCUT2D eigenvalue weighted by Gasteiger charge is 2.34. The zero-order valence-corrected chi connectivity index (χ0v) is 17.0. The number of rotatable bonds is 6. The summed E-state index contributed by atoms with van der Waals surface area (Å²) in [6.07, 6.45) is -2.90. The Bertz CT molecular complexity index is 706. The fourth-order valence-electron chi connectivity index (χ4n) is 4.11. The van der Waals surface area contributed by atoms with Gasteiger partial charge >= 0.3 is 6.18 Å². The molecular weight excluding hydrogens is 397 g/mol. The standard InChI is InChI=1S/C21H29F3N4O2/c22-21(23,24)16-26-10-4-5-17(15-26)20(30)25-9-8-19(29)28-13-11-27(12-14-28)18-6-2-1-3-7-18/h1-3,6-7,17H,4-5,8-16H2,(H,25,30)/t17-/m0/s1. The predicted octanol–water partition coefficient (Wildman–Crippen LogP) is 2.12. The van der Waals surface area contributed by atoms with Crippen molar-refractivity contribution in [3.8, 4) is 0 Å². The molecule has 0 aromatic heterocycles. The van der Waals surface area contributed by atoms with Crippen molar-refractivity contribution in [2.24, 2.45) is 5.92 Å². The van der Waals surface area contributed by atoms with Crippen LogP contribution < -0.4 is 10.2 Å². The first kappa shape index (κ1) is 22.4. The number of nitrogens with one attached hydrogen (secondary N) is 1. The van der Waals surface area contributed by atoms with Crippen LogP contribution in [0.3, 0.4) is 0 Å². The Hall–Kier alpha value is -2.29. The highest BCUT2D eigenvalue weighted by molar-refractivity contribution is 5.81. The van der Waals surface area contributed by atoms with Gasteiger partial charge in [-0.15, -0.1) is 0 Å². The van der Waals surface area contributed by atoms with Crippen LogP contribution in [0.5, 0.6) is 0 Å². The van der Waals surface area contributed by atoms with Crippen molar-refractivity contribution < 1.29 is 22.8 Å². The largest absolute Gasteiger partial charge is 0.401 e. The second-order valence-electron chi connectivity index (χ2n) is 7.93. The van der Waals surface area contributed by atoms with Gasteiger partial charge in [0.25, 0.3) is 0 Å². The average Bonchev–Trinajstić information content (AvgIpc) is 2.73. The lowest BCUT2D eigenvalue weighted by Gasteiger charge is -2.36. The zero-order valence-electron chi connectivity index (χ0n) is 17.0. The molecule has 0 unspecified atom stereocenters. The number of amides is 2. The molecule has 0 bridgehead atoms. The average molecular weight is 426 g/mol. The van der Waals surface area contributed by atoms with Crippen molar-refractivity contribution in [1.82, 2.24) is 15.1 Å². The van der Waals surface area contributed by atoms with Gasteiger partial charge in [0.1, 0.15) is 0 Å². The molecule has 2 heterocycles. The second kappa shape index (κ2) is 10.1. The SMILES string of the molecule is O=C(NCCC(=O)N1CCN(c2ccccc2)CC1)[C@H]1CCCN(CC(F)(F)F)C1. The molecule has 2 aliphatic rings. The zero-order chi connectivity index (χ0) is 21.6. The summed E-state index contributed by atoms with van der Waals surface area (Å²) in [6.45, 7) is 2.50. The van der Waals surface area contributed by atoms with Gasteiger partial charge < -0.3 is 15.1 Å². The van der Waals surface area contributed by atoms with Crippen LogP contribution in [-0.2, 0) is 9.59 Å². The molecule has 166 valence electrons. The molecule has 0 saturated carbocycles. The van der Waals surface area contributed by atoms with Gasteiger partial charge in [0.05, 0.1) is 12.5 Å². The van der Waals surface area contributed by atoms with Crippen molar-refractivity contribution in [2.75, 3.05) is 57.3 Å². The summed E-state index contributed by atoms with van der Waals surface area (Å²) >= 11 is 0. The Balaban J connectivity index is 1.36. The van der Waals surface area contributed by atoms with E-state index in [0.717, 1.165) is 18.8 Å². The molecule has 2 saturated heterocycles.